The fourth-order valence-corrected chi connectivity index (χ4v) is 1.97. The molecule has 1 fully saturated rings. The Morgan fingerprint density at radius 3 is 2.86 bits per heavy atom. The van der Waals surface area contributed by atoms with Crippen LogP contribution >= 0.6 is 0 Å². The number of halogens is 1. The zero-order valence-electron chi connectivity index (χ0n) is 11.0. The molecular formula is C14H13FN2O4. The standard InChI is InChI=1S/C14H13FN2O4/c15-10-3-1-2-9(6-10)4-5-13(19)17-8-12(18)16-7-11(17)14(20)21/h1-6,11H,7-8H2,(H,16,18)(H,20,21)/b5-4+. The van der Waals surface area contributed by atoms with Gasteiger partial charge in [0.05, 0.1) is 0 Å². The van der Waals surface area contributed by atoms with Gasteiger partial charge in [-0.05, 0) is 23.8 Å². The first-order valence-electron chi connectivity index (χ1n) is 6.21. The van der Waals surface area contributed by atoms with Gasteiger partial charge in [0.25, 0.3) is 0 Å². The number of hydrogen-bond acceptors (Lipinski definition) is 3. The predicted octanol–water partition coefficient (Wildman–Crippen LogP) is 0.251. The smallest absolute Gasteiger partial charge is 0.328 e. The third kappa shape index (κ3) is 3.65. The molecule has 0 saturated carbocycles. The Morgan fingerprint density at radius 2 is 2.19 bits per heavy atom. The Balaban J connectivity index is 2.13. The average Bonchev–Trinajstić information content (AvgIpc) is 2.44. The molecule has 0 radical (unpaired) electrons. The van der Waals surface area contributed by atoms with Gasteiger partial charge >= 0.3 is 5.97 Å². The van der Waals surface area contributed by atoms with Gasteiger partial charge in [-0.15, -0.1) is 0 Å². The molecule has 2 rings (SSSR count). The molecular weight excluding hydrogens is 279 g/mol. The molecule has 1 aliphatic rings. The van der Waals surface area contributed by atoms with E-state index in [0.29, 0.717) is 5.56 Å². The molecule has 0 aliphatic carbocycles. The van der Waals surface area contributed by atoms with Crippen LogP contribution in [0.15, 0.2) is 30.3 Å². The molecule has 1 aromatic carbocycles. The Labute approximate surface area is 119 Å². The first-order chi connectivity index (χ1) is 9.97. The highest BCUT2D eigenvalue weighted by Crippen LogP contribution is 2.09. The van der Waals surface area contributed by atoms with Crippen molar-refractivity contribution >= 4 is 23.9 Å². The molecule has 1 aromatic rings. The van der Waals surface area contributed by atoms with Gasteiger partial charge in [-0.25, -0.2) is 9.18 Å². The van der Waals surface area contributed by atoms with Crippen LogP contribution in [0, 0.1) is 5.82 Å². The molecule has 21 heavy (non-hydrogen) atoms. The van der Waals surface area contributed by atoms with Gasteiger partial charge in [0.1, 0.15) is 18.4 Å². The number of nitrogens with one attached hydrogen (secondary N) is 1. The highest BCUT2D eigenvalue weighted by Gasteiger charge is 2.34. The number of piperazine rings is 1. The molecule has 7 heteroatoms. The van der Waals surface area contributed by atoms with Crippen molar-refractivity contribution in [3.05, 3.63) is 41.7 Å². The molecule has 1 saturated heterocycles. The highest BCUT2D eigenvalue weighted by atomic mass is 19.1. The van der Waals surface area contributed by atoms with Crippen molar-refractivity contribution in [1.82, 2.24) is 10.2 Å². The number of carbonyl (C=O) groups is 3. The van der Waals surface area contributed by atoms with E-state index in [1.807, 2.05) is 0 Å². The first kappa shape index (κ1) is 14.7. The number of hydrogen-bond donors (Lipinski definition) is 2. The van der Waals surface area contributed by atoms with Crippen molar-refractivity contribution in [3.63, 3.8) is 0 Å². The van der Waals surface area contributed by atoms with E-state index in [4.69, 9.17) is 5.11 Å². The van der Waals surface area contributed by atoms with Crippen LogP contribution in [0.1, 0.15) is 5.56 Å². The van der Waals surface area contributed by atoms with E-state index in [1.54, 1.807) is 6.07 Å². The molecule has 0 spiro atoms. The SMILES string of the molecule is O=C1CN(C(=O)/C=C/c2cccc(F)c2)C(C(=O)O)CN1. The van der Waals surface area contributed by atoms with Gasteiger partial charge in [0.2, 0.25) is 11.8 Å². The second-order valence-electron chi connectivity index (χ2n) is 4.51. The summed E-state index contributed by atoms with van der Waals surface area (Å²) >= 11 is 0. The third-order valence-electron chi connectivity index (χ3n) is 3.02. The summed E-state index contributed by atoms with van der Waals surface area (Å²) in [6.07, 6.45) is 2.50. The summed E-state index contributed by atoms with van der Waals surface area (Å²) in [6, 6.07) is 4.50. The Bertz CT molecular complexity index is 615. The molecule has 0 aromatic heterocycles. The van der Waals surface area contributed by atoms with Crippen LogP contribution in [0.3, 0.4) is 0 Å². The van der Waals surface area contributed by atoms with Crippen LogP contribution < -0.4 is 5.32 Å². The topological polar surface area (TPSA) is 86.7 Å². The van der Waals surface area contributed by atoms with E-state index in [-0.39, 0.29) is 13.1 Å². The first-order valence-corrected chi connectivity index (χ1v) is 6.21. The number of nitrogens with zero attached hydrogens (tertiary/aromatic N) is 1. The maximum absolute atomic E-state index is 13.0. The van der Waals surface area contributed by atoms with Gasteiger partial charge in [-0.1, -0.05) is 12.1 Å². The lowest BCUT2D eigenvalue weighted by atomic mass is 10.1. The predicted molar refractivity (Wildman–Crippen MR) is 71.6 cm³/mol. The van der Waals surface area contributed by atoms with E-state index in [9.17, 15) is 18.8 Å². The van der Waals surface area contributed by atoms with Crippen LogP contribution in [0.4, 0.5) is 4.39 Å². The zero-order chi connectivity index (χ0) is 15.4. The van der Waals surface area contributed by atoms with Gasteiger partial charge in [-0.2, -0.15) is 0 Å². The lowest BCUT2D eigenvalue weighted by Gasteiger charge is -2.31. The summed E-state index contributed by atoms with van der Waals surface area (Å²) in [4.78, 5) is 35.4. The minimum absolute atomic E-state index is 0.131. The summed E-state index contributed by atoms with van der Waals surface area (Å²) in [7, 11) is 0. The quantitative estimate of drug-likeness (QED) is 0.782. The largest absolute Gasteiger partial charge is 0.480 e. The molecule has 1 atom stereocenters. The summed E-state index contributed by atoms with van der Waals surface area (Å²) in [5, 5.41) is 11.4. The fraction of sp³-hybridized carbons (Fsp3) is 0.214. The molecule has 0 bridgehead atoms. The van der Waals surface area contributed by atoms with Crippen molar-refractivity contribution in [2.24, 2.45) is 0 Å². The normalized spacial score (nSPS) is 18.6. The van der Waals surface area contributed by atoms with Crippen molar-refractivity contribution in [3.8, 4) is 0 Å². The molecule has 1 heterocycles. The van der Waals surface area contributed by atoms with Gasteiger partial charge in [0, 0.05) is 12.6 Å². The average molecular weight is 292 g/mol. The molecule has 1 unspecified atom stereocenters. The van der Waals surface area contributed by atoms with Crippen LogP contribution in [0.5, 0.6) is 0 Å². The molecule has 1 aliphatic heterocycles. The maximum atomic E-state index is 13.0. The number of benzene rings is 1. The third-order valence-corrected chi connectivity index (χ3v) is 3.02. The Kier molecular flexibility index (Phi) is 4.32. The summed E-state index contributed by atoms with van der Waals surface area (Å²) in [5.74, 6) is -2.66. The van der Waals surface area contributed by atoms with Crippen LogP contribution in [0.2, 0.25) is 0 Å². The second-order valence-corrected chi connectivity index (χ2v) is 4.51. The van der Waals surface area contributed by atoms with Crippen LogP contribution in [0.25, 0.3) is 6.08 Å². The van der Waals surface area contributed by atoms with Crippen LogP contribution in [-0.2, 0) is 14.4 Å². The van der Waals surface area contributed by atoms with E-state index < -0.39 is 29.6 Å². The van der Waals surface area contributed by atoms with Gasteiger partial charge in [-0.3, -0.25) is 9.59 Å². The monoisotopic (exact) mass is 292 g/mol. The lowest BCUT2D eigenvalue weighted by molar-refractivity contribution is -0.152. The summed E-state index contributed by atoms with van der Waals surface area (Å²) in [5.41, 5.74) is 0.469. The van der Waals surface area contributed by atoms with Gasteiger partial charge < -0.3 is 15.3 Å². The number of amides is 2. The fourth-order valence-electron chi connectivity index (χ4n) is 1.97. The molecule has 2 N–H and O–H groups in total. The highest BCUT2D eigenvalue weighted by molar-refractivity contribution is 5.98. The van der Waals surface area contributed by atoms with Crippen molar-refractivity contribution in [2.45, 2.75) is 6.04 Å². The van der Waals surface area contributed by atoms with Crippen molar-refractivity contribution < 1.29 is 23.9 Å². The van der Waals surface area contributed by atoms with E-state index >= 15 is 0 Å². The van der Waals surface area contributed by atoms with E-state index in [2.05, 4.69) is 5.32 Å². The van der Waals surface area contributed by atoms with Crippen LogP contribution in [-0.4, -0.2) is 46.9 Å². The van der Waals surface area contributed by atoms with E-state index in [1.165, 1.54) is 24.3 Å². The van der Waals surface area contributed by atoms with Crippen molar-refractivity contribution in [1.29, 1.82) is 0 Å². The number of aliphatic carboxylic acids is 1. The molecule has 2 amide bonds. The molecule has 110 valence electrons. The van der Waals surface area contributed by atoms with E-state index in [0.717, 1.165) is 11.0 Å². The zero-order valence-corrected chi connectivity index (χ0v) is 11.0. The number of carboxylic acid groups (broad SMARTS) is 1. The number of carboxylic acids is 1. The second kappa shape index (κ2) is 6.17. The van der Waals surface area contributed by atoms with Crippen molar-refractivity contribution in [2.75, 3.05) is 13.1 Å². The summed E-state index contributed by atoms with van der Waals surface area (Å²) in [6.45, 7) is -0.447. The lowest BCUT2D eigenvalue weighted by Crippen LogP contribution is -2.59. The summed E-state index contributed by atoms with van der Waals surface area (Å²) < 4.78 is 13.0. The minimum atomic E-state index is -1.19. The number of carbonyl (C=O) groups excluding carboxylic acids is 2. The molecule has 6 nitrogen and oxygen atoms in total. The number of rotatable bonds is 3. The van der Waals surface area contributed by atoms with Gasteiger partial charge in [0.15, 0.2) is 0 Å². The Morgan fingerprint density at radius 1 is 1.43 bits per heavy atom. The minimum Gasteiger partial charge on any atom is -0.480 e. The Hall–Kier alpha value is -2.70. The maximum Gasteiger partial charge on any atom is 0.328 e.